The topological polar surface area (TPSA) is 64.2 Å². The number of rotatable bonds is 4. The average molecular weight is 246 g/mol. The molecule has 0 aromatic carbocycles. The van der Waals surface area contributed by atoms with E-state index in [2.05, 4.69) is 5.10 Å². The Morgan fingerprint density at radius 2 is 2.41 bits per heavy atom. The molecule has 17 heavy (non-hydrogen) atoms. The third-order valence-electron chi connectivity index (χ3n) is 2.82. The summed E-state index contributed by atoms with van der Waals surface area (Å²) in [6, 6.07) is -0.0533. The Kier molecular flexibility index (Phi) is 3.32. The van der Waals surface area contributed by atoms with E-state index >= 15 is 0 Å². The lowest BCUT2D eigenvalue weighted by Gasteiger charge is -2.14. The van der Waals surface area contributed by atoms with Gasteiger partial charge in [-0.15, -0.1) is 0 Å². The van der Waals surface area contributed by atoms with Crippen molar-refractivity contribution in [1.82, 2.24) is 14.7 Å². The zero-order chi connectivity index (χ0) is 12.4. The average Bonchev–Trinajstić information content (AvgIpc) is 2.83. The maximum Gasteiger partial charge on any atom is 0.307 e. The Hall–Kier alpha value is -1.57. The van der Waals surface area contributed by atoms with E-state index < -0.39 is 11.3 Å². The summed E-state index contributed by atoms with van der Waals surface area (Å²) in [6.45, 7) is 0.783. The summed E-state index contributed by atoms with van der Waals surface area (Å²) < 4.78 is 25.8. The van der Waals surface area contributed by atoms with Gasteiger partial charge in [-0.1, -0.05) is 0 Å². The summed E-state index contributed by atoms with van der Waals surface area (Å²) in [5, 5.41) is 14.4. The van der Waals surface area contributed by atoms with Crippen molar-refractivity contribution in [3.05, 3.63) is 22.5 Å². The highest BCUT2D eigenvalue weighted by molar-refractivity contribution is 5.21. The first kappa shape index (κ1) is 11.9. The minimum absolute atomic E-state index is 0.0533. The Morgan fingerprint density at radius 1 is 1.65 bits per heavy atom. The summed E-state index contributed by atoms with van der Waals surface area (Å²) in [4.78, 5) is 11.6. The number of halogens is 2. The summed E-state index contributed by atoms with van der Waals surface area (Å²) in [5.41, 5.74) is -0.0719. The minimum Gasteiger partial charge on any atom is -0.296 e. The highest BCUT2D eigenvalue weighted by Gasteiger charge is 2.27. The van der Waals surface area contributed by atoms with Gasteiger partial charge in [0.1, 0.15) is 12.4 Å². The van der Waals surface area contributed by atoms with Gasteiger partial charge in [-0.05, 0) is 6.42 Å². The summed E-state index contributed by atoms with van der Waals surface area (Å²) in [5.74, 6) is 0. The van der Waals surface area contributed by atoms with Gasteiger partial charge in [-0.25, -0.2) is 8.78 Å². The van der Waals surface area contributed by atoms with Gasteiger partial charge in [0.2, 0.25) is 0 Å². The van der Waals surface area contributed by atoms with E-state index in [0.29, 0.717) is 19.5 Å². The maximum atomic E-state index is 12.2. The molecule has 1 saturated heterocycles. The molecule has 2 rings (SSSR count). The van der Waals surface area contributed by atoms with Crippen molar-refractivity contribution in [2.24, 2.45) is 0 Å². The van der Waals surface area contributed by atoms with Crippen molar-refractivity contribution >= 4 is 5.69 Å². The van der Waals surface area contributed by atoms with Gasteiger partial charge in [0.15, 0.2) is 0 Å². The quantitative estimate of drug-likeness (QED) is 0.593. The molecule has 0 bridgehead atoms. The molecule has 0 radical (unpaired) electrons. The smallest absolute Gasteiger partial charge is 0.296 e. The molecule has 2 heterocycles. The summed E-state index contributed by atoms with van der Waals surface area (Å²) in [6.07, 6.45) is 0.860. The number of aromatic nitrogens is 2. The van der Waals surface area contributed by atoms with E-state index in [1.54, 1.807) is 4.90 Å². The number of nitro groups is 1. The second-order valence-electron chi connectivity index (χ2n) is 4.03. The molecular weight excluding hydrogens is 234 g/mol. The van der Waals surface area contributed by atoms with E-state index in [-0.39, 0.29) is 18.3 Å². The van der Waals surface area contributed by atoms with Crippen LogP contribution in [-0.4, -0.2) is 45.7 Å². The lowest BCUT2D eigenvalue weighted by molar-refractivity contribution is -0.385. The lowest BCUT2D eigenvalue weighted by Crippen LogP contribution is -2.27. The van der Waals surface area contributed by atoms with E-state index in [0.717, 1.165) is 0 Å². The molecule has 0 unspecified atom stereocenters. The van der Waals surface area contributed by atoms with Gasteiger partial charge in [0.25, 0.3) is 6.43 Å². The second-order valence-corrected chi connectivity index (χ2v) is 4.03. The van der Waals surface area contributed by atoms with Crippen LogP contribution in [0.1, 0.15) is 12.5 Å². The van der Waals surface area contributed by atoms with Crippen molar-refractivity contribution in [3.63, 3.8) is 0 Å². The van der Waals surface area contributed by atoms with Crippen molar-refractivity contribution in [2.75, 3.05) is 19.6 Å². The molecule has 1 aromatic rings. The first-order valence-electron chi connectivity index (χ1n) is 5.25. The molecule has 1 aromatic heterocycles. The molecule has 0 N–H and O–H groups in total. The first-order valence-corrected chi connectivity index (χ1v) is 5.25. The van der Waals surface area contributed by atoms with Crippen molar-refractivity contribution in [1.29, 1.82) is 0 Å². The monoisotopic (exact) mass is 246 g/mol. The van der Waals surface area contributed by atoms with Crippen LogP contribution in [0.15, 0.2) is 12.4 Å². The van der Waals surface area contributed by atoms with Gasteiger partial charge in [-0.2, -0.15) is 5.10 Å². The molecule has 8 heteroatoms. The van der Waals surface area contributed by atoms with Crippen LogP contribution in [0.5, 0.6) is 0 Å². The molecule has 0 amide bonds. The molecule has 1 atom stereocenters. The molecule has 6 nitrogen and oxygen atoms in total. The predicted molar refractivity (Wildman–Crippen MR) is 55.0 cm³/mol. The zero-order valence-corrected chi connectivity index (χ0v) is 9.00. The Bertz CT molecular complexity index is 409. The SMILES string of the molecule is O=[N+]([O-])c1cnn([C@H]2CCN(CC(F)F)C2)c1. The van der Waals surface area contributed by atoms with Gasteiger partial charge < -0.3 is 0 Å². The van der Waals surface area contributed by atoms with E-state index in [4.69, 9.17) is 0 Å². The fourth-order valence-electron chi connectivity index (χ4n) is 2.01. The van der Waals surface area contributed by atoms with Gasteiger partial charge >= 0.3 is 5.69 Å². The standard InChI is InChI=1S/C9H12F2N4O2/c10-9(11)6-13-2-1-7(4-13)14-5-8(3-12-14)15(16)17/h3,5,7,9H,1-2,4,6H2/t7-/m0/s1. The number of nitrogens with zero attached hydrogens (tertiary/aromatic N) is 4. The number of alkyl halides is 2. The molecule has 1 fully saturated rings. The molecule has 1 aliphatic heterocycles. The van der Waals surface area contributed by atoms with Gasteiger partial charge in [-0.3, -0.25) is 19.7 Å². The number of hydrogen-bond acceptors (Lipinski definition) is 4. The van der Waals surface area contributed by atoms with Crippen molar-refractivity contribution in [2.45, 2.75) is 18.9 Å². The number of likely N-dealkylation sites (tertiary alicyclic amines) is 1. The lowest BCUT2D eigenvalue weighted by atomic mass is 10.3. The molecule has 1 aliphatic rings. The summed E-state index contributed by atoms with van der Waals surface area (Å²) >= 11 is 0. The highest BCUT2D eigenvalue weighted by Crippen LogP contribution is 2.23. The molecule has 94 valence electrons. The van der Waals surface area contributed by atoms with Crippen LogP contribution in [0.25, 0.3) is 0 Å². The predicted octanol–water partition coefficient (Wildman–Crippen LogP) is 1.30. The Labute approximate surface area is 96.0 Å². The van der Waals surface area contributed by atoms with Crippen LogP contribution in [0, 0.1) is 10.1 Å². The van der Waals surface area contributed by atoms with Gasteiger partial charge in [0, 0.05) is 13.1 Å². The molecule has 0 spiro atoms. The van der Waals surface area contributed by atoms with Crippen molar-refractivity contribution < 1.29 is 13.7 Å². The largest absolute Gasteiger partial charge is 0.307 e. The third-order valence-corrected chi connectivity index (χ3v) is 2.82. The van der Waals surface area contributed by atoms with Gasteiger partial charge in [0.05, 0.1) is 17.5 Å². The van der Waals surface area contributed by atoms with E-state index in [9.17, 15) is 18.9 Å². The van der Waals surface area contributed by atoms with E-state index in [1.165, 1.54) is 17.1 Å². The maximum absolute atomic E-state index is 12.2. The molecule has 0 saturated carbocycles. The van der Waals surface area contributed by atoms with E-state index in [1.807, 2.05) is 0 Å². The molecular formula is C9H12F2N4O2. The van der Waals surface area contributed by atoms with Crippen LogP contribution in [-0.2, 0) is 0 Å². The molecule has 0 aliphatic carbocycles. The van der Waals surface area contributed by atoms with Crippen LogP contribution in [0.2, 0.25) is 0 Å². The van der Waals surface area contributed by atoms with Crippen LogP contribution in [0.3, 0.4) is 0 Å². The van der Waals surface area contributed by atoms with Crippen LogP contribution in [0.4, 0.5) is 14.5 Å². The first-order chi connectivity index (χ1) is 8.06. The van der Waals surface area contributed by atoms with Crippen molar-refractivity contribution in [3.8, 4) is 0 Å². The Morgan fingerprint density at radius 3 is 3.00 bits per heavy atom. The fraction of sp³-hybridized carbons (Fsp3) is 0.667. The third kappa shape index (κ3) is 2.76. The fourth-order valence-corrected chi connectivity index (χ4v) is 2.01. The highest BCUT2D eigenvalue weighted by atomic mass is 19.3. The minimum atomic E-state index is -2.35. The number of hydrogen-bond donors (Lipinski definition) is 0. The Balaban J connectivity index is 1.97. The van der Waals surface area contributed by atoms with Crippen LogP contribution >= 0.6 is 0 Å². The second kappa shape index (κ2) is 4.74. The summed E-state index contributed by atoms with van der Waals surface area (Å²) in [7, 11) is 0. The van der Waals surface area contributed by atoms with Crippen LogP contribution < -0.4 is 0 Å². The zero-order valence-electron chi connectivity index (χ0n) is 9.00. The normalized spacial score (nSPS) is 21.2.